The van der Waals surface area contributed by atoms with Gasteiger partial charge in [-0.25, -0.2) is 4.79 Å². The van der Waals surface area contributed by atoms with Gasteiger partial charge in [0.15, 0.2) is 0 Å². The largest absolute Gasteiger partial charge is 0.462 e. The molecule has 1 saturated heterocycles. The Morgan fingerprint density at radius 3 is 2.80 bits per heavy atom. The molecule has 0 amide bonds. The van der Waals surface area contributed by atoms with Gasteiger partial charge in [0.05, 0.1) is 18.3 Å². The van der Waals surface area contributed by atoms with E-state index in [2.05, 4.69) is 11.4 Å². The first-order chi connectivity index (χ1) is 11.8. The molecule has 0 spiro atoms. The van der Waals surface area contributed by atoms with Crippen molar-refractivity contribution >= 4 is 24.1 Å². The van der Waals surface area contributed by atoms with Crippen molar-refractivity contribution in [1.29, 1.82) is 0 Å². The molecule has 0 unspecified atom stereocenters. The number of hydrogen-bond donors (Lipinski definition) is 1. The van der Waals surface area contributed by atoms with Gasteiger partial charge in [0.2, 0.25) is 0 Å². The smallest absolute Gasteiger partial charge is 0.338 e. The van der Waals surface area contributed by atoms with Gasteiger partial charge in [-0.1, -0.05) is 18.9 Å². The summed E-state index contributed by atoms with van der Waals surface area (Å²) < 4.78 is 11.3. The summed E-state index contributed by atoms with van der Waals surface area (Å²) in [5.74, 6) is 1.05. The van der Waals surface area contributed by atoms with Gasteiger partial charge in [-0.15, -0.1) is 12.4 Å². The Morgan fingerprint density at radius 1 is 1.24 bits per heavy atom. The number of rotatable bonds is 3. The van der Waals surface area contributed by atoms with Crippen molar-refractivity contribution in [3.05, 3.63) is 29.3 Å². The molecular formula is C20H28ClNO3. The first kappa shape index (κ1) is 18.5. The molecule has 0 aromatic heterocycles. The van der Waals surface area contributed by atoms with E-state index in [0.29, 0.717) is 24.1 Å². The number of anilines is 1. The lowest BCUT2D eigenvalue weighted by Crippen LogP contribution is -2.45. The quantitative estimate of drug-likeness (QED) is 0.786. The molecule has 3 atom stereocenters. The third-order valence-electron chi connectivity index (χ3n) is 5.93. The van der Waals surface area contributed by atoms with Crippen LogP contribution >= 0.6 is 12.4 Å². The lowest BCUT2D eigenvalue weighted by Gasteiger charge is -2.45. The van der Waals surface area contributed by atoms with Crippen LogP contribution in [0.1, 0.15) is 67.5 Å². The molecule has 3 aliphatic rings. The van der Waals surface area contributed by atoms with Gasteiger partial charge < -0.3 is 14.8 Å². The Labute approximate surface area is 156 Å². The molecule has 2 heterocycles. The zero-order valence-corrected chi connectivity index (χ0v) is 15.6. The van der Waals surface area contributed by atoms with E-state index < -0.39 is 0 Å². The number of benzene rings is 1. The highest BCUT2D eigenvalue weighted by atomic mass is 35.5. The van der Waals surface area contributed by atoms with E-state index in [-0.39, 0.29) is 24.5 Å². The average Bonchev–Trinajstić information content (AvgIpc) is 3.15. The number of carbonyl (C=O) groups is 1. The van der Waals surface area contributed by atoms with Gasteiger partial charge in [0.1, 0.15) is 0 Å². The maximum atomic E-state index is 12.1. The van der Waals surface area contributed by atoms with E-state index >= 15 is 0 Å². The van der Waals surface area contributed by atoms with Crippen LogP contribution in [0.15, 0.2) is 18.2 Å². The summed E-state index contributed by atoms with van der Waals surface area (Å²) in [6.45, 7) is 3.09. The number of ether oxygens (including phenoxy) is 2. The summed E-state index contributed by atoms with van der Waals surface area (Å²) in [4.78, 5) is 12.1. The van der Waals surface area contributed by atoms with E-state index in [0.717, 1.165) is 24.6 Å². The van der Waals surface area contributed by atoms with Crippen LogP contribution in [0, 0.1) is 11.8 Å². The summed E-state index contributed by atoms with van der Waals surface area (Å²) in [7, 11) is 0. The third-order valence-corrected chi connectivity index (χ3v) is 5.93. The number of carbonyl (C=O) groups excluding carboxylic acids is 1. The van der Waals surface area contributed by atoms with Crippen molar-refractivity contribution in [1.82, 2.24) is 0 Å². The minimum absolute atomic E-state index is 0. The van der Waals surface area contributed by atoms with E-state index in [1.165, 1.54) is 37.7 Å². The molecular weight excluding hydrogens is 338 g/mol. The minimum Gasteiger partial charge on any atom is -0.462 e. The van der Waals surface area contributed by atoms with Crippen LogP contribution < -0.4 is 5.32 Å². The number of halogens is 1. The third kappa shape index (κ3) is 3.52. The van der Waals surface area contributed by atoms with E-state index in [4.69, 9.17) is 9.47 Å². The van der Waals surface area contributed by atoms with Crippen LogP contribution in [0.3, 0.4) is 0 Å². The molecule has 1 aromatic carbocycles. The number of fused-ring (bicyclic) bond motifs is 3. The second-order valence-corrected chi connectivity index (χ2v) is 7.33. The molecule has 1 aliphatic carbocycles. The molecule has 1 saturated carbocycles. The normalized spacial score (nSPS) is 28.3. The molecule has 0 radical (unpaired) electrons. The molecule has 2 fully saturated rings. The molecule has 1 N–H and O–H groups in total. The van der Waals surface area contributed by atoms with Crippen LogP contribution in [0.4, 0.5) is 5.69 Å². The summed E-state index contributed by atoms with van der Waals surface area (Å²) in [6, 6.07) is 6.37. The van der Waals surface area contributed by atoms with Gasteiger partial charge >= 0.3 is 5.97 Å². The summed E-state index contributed by atoms with van der Waals surface area (Å²) in [5.41, 5.74) is 2.91. The summed E-state index contributed by atoms with van der Waals surface area (Å²) in [5, 5.41) is 3.79. The highest BCUT2D eigenvalue weighted by Gasteiger charge is 2.42. The van der Waals surface area contributed by atoms with Gasteiger partial charge in [-0.3, -0.25) is 0 Å². The second-order valence-electron chi connectivity index (χ2n) is 7.33. The highest BCUT2D eigenvalue weighted by Crippen LogP contribution is 2.48. The maximum Gasteiger partial charge on any atom is 0.338 e. The van der Waals surface area contributed by atoms with Crippen LogP contribution in [0.2, 0.25) is 0 Å². The van der Waals surface area contributed by atoms with Crippen molar-refractivity contribution < 1.29 is 14.3 Å². The topological polar surface area (TPSA) is 47.6 Å². The number of nitrogens with one attached hydrogen (secondary N) is 1. The monoisotopic (exact) mass is 365 g/mol. The predicted octanol–water partition coefficient (Wildman–Crippen LogP) is 4.74. The predicted molar refractivity (Wildman–Crippen MR) is 100 cm³/mol. The second kappa shape index (κ2) is 7.96. The minimum atomic E-state index is -0.244. The van der Waals surface area contributed by atoms with Crippen LogP contribution in [0.25, 0.3) is 0 Å². The number of hydrogen-bond acceptors (Lipinski definition) is 4. The van der Waals surface area contributed by atoms with Gasteiger partial charge in [0.25, 0.3) is 0 Å². The van der Waals surface area contributed by atoms with Crippen molar-refractivity contribution in [3.63, 3.8) is 0 Å². The summed E-state index contributed by atoms with van der Waals surface area (Å²) in [6.07, 6.45) is 7.88. The highest BCUT2D eigenvalue weighted by molar-refractivity contribution is 5.91. The van der Waals surface area contributed by atoms with Gasteiger partial charge in [0, 0.05) is 29.8 Å². The fourth-order valence-corrected chi connectivity index (χ4v) is 4.83. The van der Waals surface area contributed by atoms with Crippen molar-refractivity contribution in [2.24, 2.45) is 11.8 Å². The first-order valence-corrected chi connectivity index (χ1v) is 9.47. The molecule has 2 aliphatic heterocycles. The van der Waals surface area contributed by atoms with Crippen LogP contribution in [-0.4, -0.2) is 25.2 Å². The lowest BCUT2D eigenvalue weighted by molar-refractivity contribution is -0.0437. The molecule has 25 heavy (non-hydrogen) atoms. The lowest BCUT2D eigenvalue weighted by atomic mass is 9.74. The first-order valence-electron chi connectivity index (χ1n) is 9.47. The van der Waals surface area contributed by atoms with Gasteiger partial charge in [-0.05, 0) is 50.7 Å². The van der Waals surface area contributed by atoms with Crippen molar-refractivity contribution in [2.45, 2.75) is 57.6 Å². The van der Waals surface area contributed by atoms with E-state index in [9.17, 15) is 4.79 Å². The number of esters is 1. The molecule has 138 valence electrons. The fraction of sp³-hybridized carbons (Fsp3) is 0.650. The van der Waals surface area contributed by atoms with Crippen LogP contribution in [0.5, 0.6) is 0 Å². The Bertz CT molecular complexity index is 615. The molecule has 0 bridgehead atoms. The molecule has 5 heteroatoms. The van der Waals surface area contributed by atoms with Crippen molar-refractivity contribution in [2.75, 3.05) is 18.5 Å². The van der Waals surface area contributed by atoms with E-state index in [1.807, 2.05) is 19.1 Å². The Balaban J connectivity index is 0.00000182. The fourth-order valence-electron chi connectivity index (χ4n) is 4.83. The van der Waals surface area contributed by atoms with E-state index in [1.54, 1.807) is 0 Å². The maximum absolute atomic E-state index is 12.1. The Hall–Kier alpha value is -1.26. The average molecular weight is 366 g/mol. The summed E-state index contributed by atoms with van der Waals surface area (Å²) >= 11 is 0. The standard InChI is InChI=1S/C20H27NO3.ClH/c1-2-23-20(22)14-9-10-15-17(12-14)21-18(13-6-3-4-7-13)16-8-5-11-24-19(15)16;/h9-10,12-13,16,18-19,21H,2-8,11H2,1H3;1H/t16-,18+,19+;/m0./s1. The van der Waals surface area contributed by atoms with Gasteiger partial charge in [-0.2, -0.15) is 0 Å². The van der Waals surface area contributed by atoms with Crippen LogP contribution in [-0.2, 0) is 9.47 Å². The zero-order valence-electron chi connectivity index (χ0n) is 14.8. The molecule has 1 aromatic rings. The SMILES string of the molecule is CCOC(=O)c1ccc2c(c1)N[C@H](C1CCCC1)[C@@H]1CCCO[C@H]21.Cl. The molecule has 4 rings (SSSR count). The Kier molecular flexibility index (Phi) is 5.90. The Morgan fingerprint density at radius 2 is 2.04 bits per heavy atom. The zero-order chi connectivity index (χ0) is 16.5. The molecule has 4 nitrogen and oxygen atoms in total. The van der Waals surface area contributed by atoms with Crippen molar-refractivity contribution in [3.8, 4) is 0 Å².